The molecule has 3 aromatic rings. The average Bonchev–Trinajstić information content (AvgIpc) is 3.18. The summed E-state index contributed by atoms with van der Waals surface area (Å²) in [4.78, 5) is 16.7. The Hall–Kier alpha value is -2.63. The van der Waals surface area contributed by atoms with Crippen molar-refractivity contribution in [1.82, 2.24) is 15.0 Å². The number of nitrogens with zero attached hydrogens (tertiary/aromatic N) is 3. The summed E-state index contributed by atoms with van der Waals surface area (Å²) in [5.74, 6) is 0.919. The lowest BCUT2D eigenvalue weighted by Crippen LogP contribution is -2.48. The fraction of sp³-hybridized carbons (Fsp3) is 0.238. The number of rotatable bonds is 4. The first-order valence-corrected chi connectivity index (χ1v) is 9.35. The molecule has 0 radical (unpaired) electrons. The zero-order valence-corrected chi connectivity index (χ0v) is 15.6. The molecule has 0 aliphatic carbocycles. The minimum Gasteiger partial charge on any atom is -0.359 e. The van der Waals surface area contributed by atoms with Gasteiger partial charge in [-0.15, -0.1) is 0 Å². The lowest BCUT2D eigenvalue weighted by Gasteiger charge is -2.34. The number of hydrogen-bond acceptors (Lipinski definition) is 4. The summed E-state index contributed by atoms with van der Waals surface area (Å²) >= 11 is 5.93. The van der Waals surface area contributed by atoms with Gasteiger partial charge in [-0.05, 0) is 24.3 Å². The number of carbonyl (C=O) groups excluding carboxylic acids is 1. The van der Waals surface area contributed by atoms with Crippen LogP contribution in [0.3, 0.4) is 0 Å². The average molecular weight is 382 g/mol. The van der Waals surface area contributed by atoms with Crippen LogP contribution in [0, 0.1) is 0 Å². The second-order valence-electron chi connectivity index (χ2n) is 6.62. The highest BCUT2D eigenvalue weighted by molar-refractivity contribution is 6.30. The number of piperazine rings is 1. The molecule has 1 amide bonds. The highest BCUT2D eigenvalue weighted by Crippen LogP contribution is 2.22. The van der Waals surface area contributed by atoms with Gasteiger partial charge in [0.1, 0.15) is 5.69 Å². The van der Waals surface area contributed by atoms with Crippen LogP contribution in [0.2, 0.25) is 5.02 Å². The molecule has 27 heavy (non-hydrogen) atoms. The maximum atomic E-state index is 12.5. The molecular weight excluding hydrogens is 362 g/mol. The van der Waals surface area contributed by atoms with E-state index in [1.165, 1.54) is 0 Å². The molecule has 0 saturated carbocycles. The summed E-state index contributed by atoms with van der Waals surface area (Å²) < 4.78 is 5.49. The van der Waals surface area contributed by atoms with Crippen LogP contribution in [0.4, 0.5) is 0 Å². The Morgan fingerprint density at radius 2 is 1.70 bits per heavy atom. The van der Waals surface area contributed by atoms with Crippen LogP contribution in [0.25, 0.3) is 11.3 Å². The first-order valence-electron chi connectivity index (χ1n) is 8.97. The molecule has 0 spiro atoms. The van der Waals surface area contributed by atoms with Crippen LogP contribution >= 0.6 is 11.6 Å². The minimum atomic E-state index is 0.0972. The lowest BCUT2D eigenvalue weighted by atomic mass is 10.1. The molecule has 0 N–H and O–H groups in total. The SMILES string of the molecule is O=C(c1ccccc1)N1CCN(Cc2cc(-c3ccc(Cl)cc3)no2)CC1. The Morgan fingerprint density at radius 3 is 2.41 bits per heavy atom. The molecule has 0 bridgehead atoms. The third kappa shape index (κ3) is 4.21. The van der Waals surface area contributed by atoms with Gasteiger partial charge in [-0.2, -0.15) is 0 Å². The van der Waals surface area contributed by atoms with Gasteiger partial charge in [0.15, 0.2) is 5.76 Å². The summed E-state index contributed by atoms with van der Waals surface area (Å²) in [5, 5.41) is 4.85. The maximum absolute atomic E-state index is 12.5. The number of benzene rings is 2. The summed E-state index contributed by atoms with van der Waals surface area (Å²) in [6.45, 7) is 3.75. The van der Waals surface area contributed by atoms with Crippen LogP contribution in [0.15, 0.2) is 65.2 Å². The quantitative estimate of drug-likeness (QED) is 0.686. The van der Waals surface area contributed by atoms with Gasteiger partial charge in [0.2, 0.25) is 0 Å². The number of aromatic nitrogens is 1. The largest absolute Gasteiger partial charge is 0.359 e. The summed E-state index contributed by atoms with van der Waals surface area (Å²) in [7, 11) is 0. The molecule has 5 nitrogen and oxygen atoms in total. The van der Waals surface area contributed by atoms with Crippen molar-refractivity contribution in [1.29, 1.82) is 0 Å². The van der Waals surface area contributed by atoms with E-state index in [4.69, 9.17) is 16.1 Å². The van der Waals surface area contributed by atoms with Crippen LogP contribution in [0.1, 0.15) is 16.1 Å². The smallest absolute Gasteiger partial charge is 0.253 e. The number of carbonyl (C=O) groups is 1. The van der Waals surface area contributed by atoms with Crippen molar-refractivity contribution in [3.05, 3.63) is 77.0 Å². The van der Waals surface area contributed by atoms with Crippen LogP contribution in [-0.4, -0.2) is 47.0 Å². The van der Waals surface area contributed by atoms with Crippen LogP contribution in [0.5, 0.6) is 0 Å². The zero-order chi connectivity index (χ0) is 18.6. The van der Waals surface area contributed by atoms with Gasteiger partial charge in [-0.1, -0.05) is 47.1 Å². The van der Waals surface area contributed by atoms with Crippen molar-refractivity contribution >= 4 is 17.5 Å². The predicted molar refractivity (Wildman–Crippen MR) is 105 cm³/mol. The standard InChI is InChI=1S/C21H20ClN3O2/c22-18-8-6-16(7-9-18)20-14-19(27-23-20)15-24-10-12-25(13-11-24)21(26)17-4-2-1-3-5-17/h1-9,14H,10-13,15H2. The van der Waals surface area contributed by atoms with Crippen molar-refractivity contribution in [2.45, 2.75) is 6.54 Å². The molecule has 138 valence electrons. The third-order valence-electron chi connectivity index (χ3n) is 4.76. The lowest BCUT2D eigenvalue weighted by molar-refractivity contribution is 0.0617. The van der Waals surface area contributed by atoms with Gasteiger partial charge in [-0.3, -0.25) is 9.69 Å². The molecule has 1 aliphatic rings. The van der Waals surface area contributed by atoms with Gasteiger partial charge in [0.05, 0.1) is 6.54 Å². The Morgan fingerprint density at radius 1 is 1.00 bits per heavy atom. The molecule has 2 aromatic carbocycles. The van der Waals surface area contributed by atoms with E-state index in [1.807, 2.05) is 65.6 Å². The first kappa shape index (κ1) is 17.8. The predicted octanol–water partition coefficient (Wildman–Crippen LogP) is 3.95. The second-order valence-corrected chi connectivity index (χ2v) is 7.06. The Balaban J connectivity index is 1.33. The van der Waals surface area contributed by atoms with E-state index in [1.54, 1.807) is 0 Å². The second kappa shape index (κ2) is 7.94. The van der Waals surface area contributed by atoms with Gasteiger partial charge in [-0.25, -0.2) is 0 Å². The highest BCUT2D eigenvalue weighted by atomic mass is 35.5. The number of halogens is 1. The van der Waals surface area contributed by atoms with Gasteiger partial charge >= 0.3 is 0 Å². The van der Waals surface area contributed by atoms with Crippen LogP contribution in [-0.2, 0) is 6.54 Å². The Labute approximate surface area is 163 Å². The van der Waals surface area contributed by atoms with E-state index in [-0.39, 0.29) is 5.91 Å². The fourth-order valence-corrected chi connectivity index (χ4v) is 3.36. The van der Waals surface area contributed by atoms with Gasteiger partial charge in [0, 0.05) is 48.4 Å². The molecule has 1 fully saturated rings. The molecule has 2 heterocycles. The van der Waals surface area contributed by atoms with Crippen molar-refractivity contribution in [3.8, 4) is 11.3 Å². The normalized spacial score (nSPS) is 15.1. The van der Waals surface area contributed by atoms with E-state index < -0.39 is 0 Å². The molecule has 0 atom stereocenters. The molecule has 0 unspecified atom stereocenters. The van der Waals surface area contributed by atoms with E-state index in [0.29, 0.717) is 24.7 Å². The highest BCUT2D eigenvalue weighted by Gasteiger charge is 2.23. The van der Waals surface area contributed by atoms with E-state index >= 15 is 0 Å². The fourth-order valence-electron chi connectivity index (χ4n) is 3.24. The zero-order valence-electron chi connectivity index (χ0n) is 14.8. The Bertz CT molecular complexity index is 901. The molecule has 4 rings (SSSR count). The molecule has 1 aliphatic heterocycles. The van der Waals surface area contributed by atoms with Crippen LogP contribution < -0.4 is 0 Å². The van der Waals surface area contributed by atoms with Crippen molar-refractivity contribution in [2.75, 3.05) is 26.2 Å². The van der Waals surface area contributed by atoms with E-state index in [2.05, 4.69) is 10.1 Å². The Kier molecular flexibility index (Phi) is 5.23. The third-order valence-corrected chi connectivity index (χ3v) is 5.01. The minimum absolute atomic E-state index is 0.0972. The van der Waals surface area contributed by atoms with Crippen molar-refractivity contribution in [3.63, 3.8) is 0 Å². The number of hydrogen-bond donors (Lipinski definition) is 0. The molecule has 1 aromatic heterocycles. The van der Waals surface area contributed by atoms with Crippen molar-refractivity contribution in [2.24, 2.45) is 0 Å². The van der Waals surface area contributed by atoms with Gasteiger partial charge in [0.25, 0.3) is 5.91 Å². The monoisotopic (exact) mass is 381 g/mol. The maximum Gasteiger partial charge on any atom is 0.253 e. The topological polar surface area (TPSA) is 49.6 Å². The summed E-state index contributed by atoms with van der Waals surface area (Å²) in [6, 6.07) is 18.9. The summed E-state index contributed by atoms with van der Waals surface area (Å²) in [5.41, 5.74) is 2.53. The molecular formula is C21H20ClN3O2. The van der Waals surface area contributed by atoms with E-state index in [0.717, 1.165) is 35.7 Å². The van der Waals surface area contributed by atoms with Crippen molar-refractivity contribution < 1.29 is 9.32 Å². The summed E-state index contributed by atoms with van der Waals surface area (Å²) in [6.07, 6.45) is 0. The first-order chi connectivity index (χ1) is 13.2. The molecule has 1 saturated heterocycles. The van der Waals surface area contributed by atoms with Gasteiger partial charge < -0.3 is 9.42 Å². The molecule has 6 heteroatoms. The number of amides is 1. The van der Waals surface area contributed by atoms with E-state index in [9.17, 15) is 4.79 Å².